The van der Waals surface area contributed by atoms with E-state index < -0.39 is 11.0 Å². The van der Waals surface area contributed by atoms with Crippen molar-refractivity contribution in [1.82, 2.24) is 0 Å². The molecule has 0 amide bonds. The number of carbonyl (C=O) groups excluding carboxylic acids is 1. The maximum Gasteiger partial charge on any atom is 0.171 e. The van der Waals surface area contributed by atoms with Gasteiger partial charge in [0.05, 0.1) is 0 Å². The Labute approximate surface area is 112 Å². The van der Waals surface area contributed by atoms with E-state index in [4.69, 9.17) is 5.73 Å². The molecule has 2 N–H and O–H groups in total. The minimum absolute atomic E-state index is 0.114. The Morgan fingerprint density at radius 1 is 1.17 bits per heavy atom. The van der Waals surface area contributed by atoms with Crippen molar-refractivity contribution in [1.29, 1.82) is 0 Å². The summed E-state index contributed by atoms with van der Waals surface area (Å²) in [5.74, 6) is 0.114. The van der Waals surface area contributed by atoms with Crippen LogP contribution in [0.2, 0.25) is 0 Å². The Bertz CT molecular complexity index is 590. The van der Waals surface area contributed by atoms with Gasteiger partial charge < -0.3 is 5.73 Å². The van der Waals surface area contributed by atoms with Crippen LogP contribution < -0.4 is 5.73 Å². The highest BCUT2D eigenvalue weighted by molar-refractivity contribution is 7.17. The van der Waals surface area contributed by atoms with Crippen LogP contribution in [0.25, 0.3) is 10.1 Å². The third kappa shape index (κ3) is 1.98. The van der Waals surface area contributed by atoms with Crippen molar-refractivity contribution in [2.45, 2.75) is 33.2 Å². The molecule has 0 spiro atoms. The average Bonchev–Trinajstić information content (AvgIpc) is 2.73. The van der Waals surface area contributed by atoms with Gasteiger partial charge in [-0.1, -0.05) is 26.0 Å². The summed E-state index contributed by atoms with van der Waals surface area (Å²) in [5.41, 5.74) is 5.79. The van der Waals surface area contributed by atoms with Crippen LogP contribution in [-0.2, 0) is 0 Å². The summed E-state index contributed by atoms with van der Waals surface area (Å²) in [6.45, 7) is 7.64. The third-order valence-electron chi connectivity index (χ3n) is 3.90. The summed E-state index contributed by atoms with van der Waals surface area (Å²) in [6.07, 6.45) is 0. The predicted octanol–water partition coefficient (Wildman–Crippen LogP) is 3.85. The van der Waals surface area contributed by atoms with E-state index in [9.17, 15) is 4.79 Å². The largest absolute Gasteiger partial charge is 0.325 e. The van der Waals surface area contributed by atoms with E-state index >= 15 is 0 Å². The van der Waals surface area contributed by atoms with Gasteiger partial charge in [-0.15, -0.1) is 11.3 Å². The van der Waals surface area contributed by atoms with Gasteiger partial charge in [0.25, 0.3) is 0 Å². The Hall–Kier alpha value is -1.19. The van der Waals surface area contributed by atoms with Crippen molar-refractivity contribution in [3.05, 3.63) is 35.2 Å². The van der Waals surface area contributed by atoms with E-state index in [-0.39, 0.29) is 5.78 Å². The van der Waals surface area contributed by atoms with Gasteiger partial charge in [-0.05, 0) is 36.7 Å². The number of hydrogen-bond acceptors (Lipinski definition) is 3. The average molecular weight is 261 g/mol. The van der Waals surface area contributed by atoms with Crippen molar-refractivity contribution in [2.75, 3.05) is 0 Å². The lowest BCUT2D eigenvalue weighted by atomic mass is 9.70. The number of benzene rings is 1. The third-order valence-corrected chi connectivity index (χ3v) is 4.87. The lowest BCUT2D eigenvalue weighted by molar-refractivity contribution is 0.0737. The van der Waals surface area contributed by atoms with Crippen molar-refractivity contribution >= 4 is 27.2 Å². The van der Waals surface area contributed by atoms with E-state index in [0.717, 1.165) is 15.6 Å². The van der Waals surface area contributed by atoms with Gasteiger partial charge in [0.1, 0.15) is 0 Å². The molecule has 2 aromatic rings. The standard InChI is InChI=1S/C15H19NOS/c1-14(2,15(3,4)16)13(17)11-7-5-6-10-8-9-18-12(10)11/h5-9H,16H2,1-4H3. The molecule has 96 valence electrons. The summed E-state index contributed by atoms with van der Waals surface area (Å²) in [6, 6.07) is 7.90. The van der Waals surface area contributed by atoms with E-state index in [2.05, 4.69) is 0 Å². The second-order valence-corrected chi connectivity index (χ2v) is 6.74. The highest BCUT2D eigenvalue weighted by atomic mass is 32.1. The van der Waals surface area contributed by atoms with Crippen LogP contribution in [0.3, 0.4) is 0 Å². The molecule has 18 heavy (non-hydrogen) atoms. The summed E-state index contributed by atoms with van der Waals surface area (Å²) in [4.78, 5) is 12.8. The molecule has 0 unspecified atom stereocenters. The van der Waals surface area contributed by atoms with E-state index in [0.29, 0.717) is 0 Å². The minimum atomic E-state index is -0.592. The quantitative estimate of drug-likeness (QED) is 0.853. The molecule has 2 nitrogen and oxygen atoms in total. The number of nitrogens with two attached hydrogens (primary N) is 1. The van der Waals surface area contributed by atoms with Gasteiger partial charge in [-0.2, -0.15) is 0 Å². The Kier molecular flexibility index (Phi) is 3.07. The molecule has 1 aromatic heterocycles. The fourth-order valence-corrected chi connectivity index (χ4v) is 2.71. The highest BCUT2D eigenvalue weighted by Gasteiger charge is 2.41. The second-order valence-electron chi connectivity index (χ2n) is 5.82. The van der Waals surface area contributed by atoms with Crippen LogP contribution in [0.5, 0.6) is 0 Å². The van der Waals surface area contributed by atoms with Crippen molar-refractivity contribution < 1.29 is 4.79 Å². The molecular formula is C15H19NOS. The summed E-state index contributed by atoms with van der Waals surface area (Å²) in [7, 11) is 0. The number of rotatable bonds is 3. The Balaban J connectivity index is 2.56. The number of Topliss-reactive ketones (excluding diaryl/α,β-unsaturated/α-hetero) is 1. The second kappa shape index (κ2) is 4.18. The monoisotopic (exact) mass is 261 g/mol. The highest BCUT2D eigenvalue weighted by Crippen LogP contribution is 2.35. The molecule has 1 aromatic carbocycles. The number of fused-ring (bicyclic) bond motifs is 1. The zero-order valence-corrected chi connectivity index (χ0v) is 12.1. The van der Waals surface area contributed by atoms with Gasteiger partial charge in [0.15, 0.2) is 5.78 Å². The van der Waals surface area contributed by atoms with Gasteiger partial charge in [-0.25, -0.2) is 0 Å². The normalized spacial score (nSPS) is 12.9. The first-order valence-corrected chi connectivity index (χ1v) is 6.93. The number of ketones is 1. The molecule has 0 saturated heterocycles. The smallest absolute Gasteiger partial charge is 0.171 e. The van der Waals surface area contributed by atoms with E-state index in [1.54, 1.807) is 11.3 Å². The van der Waals surface area contributed by atoms with Crippen molar-refractivity contribution in [2.24, 2.45) is 11.1 Å². The van der Waals surface area contributed by atoms with Crippen LogP contribution >= 0.6 is 11.3 Å². The van der Waals surface area contributed by atoms with Crippen molar-refractivity contribution in [3.63, 3.8) is 0 Å². The van der Waals surface area contributed by atoms with Crippen molar-refractivity contribution in [3.8, 4) is 0 Å². The first kappa shape index (κ1) is 13.2. The summed E-state index contributed by atoms with van der Waals surface area (Å²) < 4.78 is 1.06. The Morgan fingerprint density at radius 3 is 2.44 bits per heavy atom. The zero-order chi connectivity index (χ0) is 13.6. The van der Waals surface area contributed by atoms with Gasteiger partial charge >= 0.3 is 0 Å². The minimum Gasteiger partial charge on any atom is -0.325 e. The van der Waals surface area contributed by atoms with Crippen LogP contribution in [0.1, 0.15) is 38.1 Å². The zero-order valence-electron chi connectivity index (χ0n) is 11.3. The molecule has 0 aliphatic carbocycles. The molecule has 0 saturated carbocycles. The van der Waals surface area contributed by atoms with Crippen LogP contribution in [0.4, 0.5) is 0 Å². The molecule has 0 bridgehead atoms. The summed E-state index contributed by atoms with van der Waals surface area (Å²) >= 11 is 1.61. The number of thiophene rings is 1. The first-order chi connectivity index (χ1) is 8.25. The SMILES string of the molecule is CC(C)(N)C(C)(C)C(=O)c1cccc2ccsc12. The maximum absolute atomic E-state index is 12.8. The fraction of sp³-hybridized carbons (Fsp3) is 0.400. The topological polar surface area (TPSA) is 43.1 Å². The molecule has 0 atom stereocenters. The molecule has 0 aliphatic heterocycles. The van der Waals surface area contributed by atoms with E-state index in [1.807, 2.05) is 57.3 Å². The lowest BCUT2D eigenvalue weighted by Crippen LogP contribution is -2.51. The number of carbonyl (C=O) groups is 1. The van der Waals surface area contributed by atoms with Crippen LogP contribution in [-0.4, -0.2) is 11.3 Å². The maximum atomic E-state index is 12.8. The first-order valence-electron chi connectivity index (χ1n) is 6.05. The number of hydrogen-bond donors (Lipinski definition) is 1. The Morgan fingerprint density at radius 2 is 1.83 bits per heavy atom. The molecule has 0 radical (unpaired) electrons. The molecule has 0 aliphatic rings. The van der Waals surface area contributed by atoms with Crippen LogP contribution in [0, 0.1) is 5.41 Å². The molecular weight excluding hydrogens is 242 g/mol. The lowest BCUT2D eigenvalue weighted by Gasteiger charge is -2.37. The van der Waals surface area contributed by atoms with Crippen LogP contribution in [0.15, 0.2) is 29.6 Å². The fourth-order valence-electron chi connectivity index (χ4n) is 1.80. The van der Waals surface area contributed by atoms with E-state index in [1.165, 1.54) is 0 Å². The van der Waals surface area contributed by atoms with Gasteiger partial charge in [0, 0.05) is 21.2 Å². The van der Waals surface area contributed by atoms with Gasteiger partial charge in [-0.3, -0.25) is 4.79 Å². The molecule has 0 fully saturated rings. The summed E-state index contributed by atoms with van der Waals surface area (Å²) in [5, 5.41) is 3.14. The van der Waals surface area contributed by atoms with Gasteiger partial charge in [0.2, 0.25) is 0 Å². The molecule has 3 heteroatoms. The predicted molar refractivity (Wildman–Crippen MR) is 78.2 cm³/mol. The molecule has 1 heterocycles. The molecule has 2 rings (SSSR count).